The minimum Gasteiger partial charge on any atom is -0.344 e. The lowest BCUT2D eigenvalue weighted by molar-refractivity contribution is 0.531. The van der Waals surface area contributed by atoms with Crippen LogP contribution in [0.2, 0.25) is 4.55 Å². The van der Waals surface area contributed by atoms with Crippen molar-refractivity contribution in [3.8, 4) is 0 Å². The molecule has 0 fully saturated rings. The van der Waals surface area contributed by atoms with E-state index in [1.165, 1.54) is 107 Å². The Kier molecular flexibility index (Phi) is 27.5. The zero-order valence-electron chi connectivity index (χ0n) is 18.9. The van der Waals surface area contributed by atoms with Crippen molar-refractivity contribution in [2.45, 2.75) is 119 Å². The second-order valence-electron chi connectivity index (χ2n) is 8.25. The predicted molar refractivity (Wildman–Crippen MR) is 133 cm³/mol. The molecule has 1 aromatic rings. The minimum atomic E-state index is 0. The first-order valence-electron chi connectivity index (χ1n) is 12.0. The highest BCUT2D eigenvalue weighted by Gasteiger charge is 1.98. The van der Waals surface area contributed by atoms with Gasteiger partial charge in [0.1, 0.15) is 0 Å². The van der Waals surface area contributed by atoms with Crippen molar-refractivity contribution < 1.29 is 0 Å². The lowest BCUT2D eigenvalue weighted by atomic mass is 10.0. The molecule has 1 nitrogen and oxygen atoms in total. The van der Waals surface area contributed by atoms with Crippen molar-refractivity contribution in [1.82, 2.24) is 6.15 Å². The lowest BCUT2D eigenvalue weighted by Gasteiger charge is -2.04. The number of benzene rings is 1. The SMILES string of the molecule is CCCCCCCCCCCCCCCCC[CH2][Mg][CH2]c1ccccc1.Cl.N. The summed E-state index contributed by atoms with van der Waals surface area (Å²) in [6, 6.07) is 11.1. The number of rotatable bonds is 19. The van der Waals surface area contributed by atoms with Crippen LogP contribution in [0.1, 0.15) is 115 Å². The van der Waals surface area contributed by atoms with Gasteiger partial charge in [0.2, 0.25) is 0 Å². The highest BCUT2D eigenvalue weighted by Crippen LogP contribution is 2.14. The van der Waals surface area contributed by atoms with Crippen LogP contribution < -0.4 is 6.15 Å². The zero-order chi connectivity index (χ0) is 18.5. The van der Waals surface area contributed by atoms with Gasteiger partial charge in [-0.1, -0.05) is 146 Å². The molecule has 0 bridgehead atoms. The maximum absolute atomic E-state index is 2.30. The Morgan fingerprint density at radius 3 is 1.39 bits per heavy atom. The molecule has 0 unspecified atom stereocenters. The zero-order valence-corrected chi connectivity index (χ0v) is 21.2. The van der Waals surface area contributed by atoms with E-state index in [1.807, 2.05) is 0 Å². The lowest BCUT2D eigenvalue weighted by Crippen LogP contribution is -1.96. The summed E-state index contributed by atoms with van der Waals surface area (Å²) in [5, 5.41) is 0. The van der Waals surface area contributed by atoms with Crippen molar-refractivity contribution in [1.29, 1.82) is 0 Å². The first-order valence-corrected chi connectivity index (χ1v) is 14.0. The van der Waals surface area contributed by atoms with Crippen molar-refractivity contribution in [2.75, 3.05) is 0 Å². The van der Waals surface area contributed by atoms with Gasteiger partial charge >= 0.3 is 20.4 Å². The molecule has 3 heteroatoms. The van der Waals surface area contributed by atoms with Crippen LogP contribution >= 0.6 is 12.4 Å². The van der Waals surface area contributed by atoms with Gasteiger partial charge < -0.3 is 6.15 Å². The molecular weight excluding hydrogens is 374 g/mol. The largest absolute Gasteiger partial charge is 0.370 e. The molecule has 0 spiro atoms. The van der Waals surface area contributed by atoms with Gasteiger partial charge in [0.05, 0.1) is 0 Å². The molecule has 0 saturated carbocycles. The van der Waals surface area contributed by atoms with Crippen molar-refractivity contribution in [3.63, 3.8) is 0 Å². The number of hydrogen-bond donors (Lipinski definition) is 1. The van der Waals surface area contributed by atoms with Gasteiger partial charge in [0, 0.05) is 0 Å². The first kappa shape index (κ1) is 30.4. The quantitative estimate of drug-likeness (QED) is 0.175. The Balaban J connectivity index is 0. The standard InChI is InChI=1S/C18H37.C7H7.ClH.Mg.H3N/c1-3-5-7-9-11-13-15-17-18-16-14-12-10-8-6-4-2;1-7-5-3-2-4-6-7;;;/h1,3-18H2,2H3;2-6H,1H2;1H;;1H3. The van der Waals surface area contributed by atoms with E-state index in [1.54, 1.807) is 10.1 Å². The Morgan fingerprint density at radius 1 is 0.571 bits per heavy atom. The Labute approximate surface area is 192 Å². The molecule has 0 heterocycles. The molecule has 1 aromatic carbocycles. The second kappa shape index (κ2) is 25.3. The smallest absolute Gasteiger partial charge is 0.344 e. The van der Waals surface area contributed by atoms with Gasteiger partial charge in [-0.15, -0.1) is 21.5 Å². The van der Waals surface area contributed by atoms with E-state index < -0.39 is 0 Å². The van der Waals surface area contributed by atoms with E-state index in [9.17, 15) is 0 Å². The Bertz CT molecular complexity index is 385. The first-order chi connectivity index (χ1) is 12.9. The third kappa shape index (κ3) is 21.0. The summed E-state index contributed by atoms with van der Waals surface area (Å²) in [4.78, 5) is 0. The number of unbranched alkanes of at least 4 members (excludes halogenated alkanes) is 15. The van der Waals surface area contributed by atoms with Gasteiger partial charge in [0.15, 0.2) is 0 Å². The molecule has 0 aliphatic heterocycles. The maximum atomic E-state index is 2.30. The molecule has 0 aliphatic carbocycles. The van der Waals surface area contributed by atoms with E-state index in [0.717, 1.165) is 0 Å². The molecule has 0 aromatic heterocycles. The van der Waals surface area contributed by atoms with E-state index in [2.05, 4.69) is 37.3 Å². The van der Waals surface area contributed by atoms with Gasteiger partial charge in [-0.25, -0.2) is 0 Å². The topological polar surface area (TPSA) is 35.0 Å². The van der Waals surface area contributed by atoms with Crippen LogP contribution in [0.3, 0.4) is 0 Å². The molecular formula is C25H48ClMgN. The average Bonchev–Trinajstić information content (AvgIpc) is 2.68. The van der Waals surface area contributed by atoms with Gasteiger partial charge in [-0.05, 0) is 0 Å². The summed E-state index contributed by atoms with van der Waals surface area (Å²) in [5.74, 6) is 0. The fraction of sp³-hybridized carbons (Fsp3) is 0.760. The summed E-state index contributed by atoms with van der Waals surface area (Å²) in [7, 11) is 0. The monoisotopic (exact) mass is 421 g/mol. The Hall–Kier alpha value is 0.236. The van der Waals surface area contributed by atoms with Crippen molar-refractivity contribution in [2.24, 2.45) is 0 Å². The molecule has 0 amide bonds. The van der Waals surface area contributed by atoms with Crippen LogP contribution in [0, 0.1) is 0 Å². The highest BCUT2D eigenvalue weighted by molar-refractivity contribution is 6.34. The van der Waals surface area contributed by atoms with Crippen molar-refractivity contribution in [3.05, 3.63) is 35.9 Å². The molecule has 3 N–H and O–H groups in total. The summed E-state index contributed by atoms with van der Waals surface area (Å²) in [5.41, 5.74) is 1.57. The number of hydrogen-bond acceptors (Lipinski definition) is 1. The molecule has 1 rings (SSSR count). The summed E-state index contributed by atoms with van der Waals surface area (Å²) < 4.78 is 2.95. The van der Waals surface area contributed by atoms with E-state index in [-0.39, 0.29) is 38.9 Å². The molecule has 162 valence electrons. The fourth-order valence-electron chi connectivity index (χ4n) is 3.88. The summed E-state index contributed by atoms with van der Waals surface area (Å²) >= 11 is 0.148. The average molecular weight is 422 g/mol. The third-order valence-corrected chi connectivity index (χ3v) is 7.59. The van der Waals surface area contributed by atoms with Gasteiger partial charge in [-0.2, -0.15) is 0 Å². The second-order valence-corrected chi connectivity index (χ2v) is 10.2. The summed E-state index contributed by atoms with van der Waals surface area (Å²) in [6.45, 7) is 2.30. The molecule has 28 heavy (non-hydrogen) atoms. The van der Waals surface area contributed by atoms with Crippen LogP contribution in [-0.2, 0) is 4.55 Å². The van der Waals surface area contributed by atoms with Crippen molar-refractivity contribution >= 4 is 32.8 Å². The van der Waals surface area contributed by atoms with E-state index >= 15 is 0 Å². The molecule has 0 radical (unpaired) electrons. The van der Waals surface area contributed by atoms with E-state index in [4.69, 9.17) is 0 Å². The summed E-state index contributed by atoms with van der Waals surface area (Å²) in [6.07, 6.45) is 23.6. The van der Waals surface area contributed by atoms with Gasteiger partial charge in [-0.3, -0.25) is 0 Å². The van der Waals surface area contributed by atoms with Crippen LogP contribution in [0.4, 0.5) is 0 Å². The van der Waals surface area contributed by atoms with Crippen LogP contribution in [0.25, 0.3) is 0 Å². The van der Waals surface area contributed by atoms with Crippen LogP contribution in [0.15, 0.2) is 30.3 Å². The van der Waals surface area contributed by atoms with Gasteiger partial charge in [0.25, 0.3) is 0 Å². The molecule has 0 aliphatic rings. The third-order valence-electron chi connectivity index (χ3n) is 5.66. The predicted octanol–water partition coefficient (Wildman–Crippen LogP) is 9.15. The number of halogens is 1. The Morgan fingerprint density at radius 2 is 0.964 bits per heavy atom. The van der Waals surface area contributed by atoms with E-state index in [0.29, 0.717) is 0 Å². The highest BCUT2D eigenvalue weighted by atomic mass is 35.5. The van der Waals surface area contributed by atoms with Crippen LogP contribution in [0.5, 0.6) is 0 Å². The maximum Gasteiger partial charge on any atom is 0.370 e. The minimum absolute atomic E-state index is 0. The molecule has 0 atom stereocenters. The normalized spacial score (nSPS) is 10.0. The fourth-order valence-corrected chi connectivity index (χ4v) is 5.57. The molecule has 0 saturated heterocycles. The van der Waals surface area contributed by atoms with Crippen LogP contribution in [-0.4, -0.2) is 20.4 Å².